The van der Waals surface area contributed by atoms with E-state index in [0.717, 1.165) is 17.7 Å². The molecule has 23 heavy (non-hydrogen) atoms. The van der Waals surface area contributed by atoms with Crippen LogP contribution in [-0.2, 0) is 16.0 Å². The molecule has 126 valence electrons. The van der Waals surface area contributed by atoms with E-state index in [0.29, 0.717) is 38.5 Å². The molecule has 5 nitrogen and oxygen atoms in total. The molecule has 1 aliphatic rings. The summed E-state index contributed by atoms with van der Waals surface area (Å²) in [4.78, 5) is 27.5. The van der Waals surface area contributed by atoms with Gasteiger partial charge in [0.15, 0.2) is 6.61 Å². The van der Waals surface area contributed by atoms with E-state index in [4.69, 9.17) is 16.3 Å². The van der Waals surface area contributed by atoms with Crippen molar-refractivity contribution in [1.82, 2.24) is 9.80 Å². The highest BCUT2D eigenvalue weighted by Gasteiger charge is 2.24. The smallest absolute Gasteiger partial charge is 0.260 e. The Bertz CT molecular complexity index is 542. The van der Waals surface area contributed by atoms with Gasteiger partial charge in [0.1, 0.15) is 5.75 Å². The fourth-order valence-corrected chi connectivity index (χ4v) is 2.77. The van der Waals surface area contributed by atoms with Gasteiger partial charge in [-0.3, -0.25) is 9.59 Å². The van der Waals surface area contributed by atoms with Gasteiger partial charge in [-0.25, -0.2) is 0 Å². The zero-order chi connectivity index (χ0) is 16.7. The van der Waals surface area contributed by atoms with Gasteiger partial charge >= 0.3 is 0 Å². The van der Waals surface area contributed by atoms with Crippen molar-refractivity contribution in [3.63, 3.8) is 0 Å². The maximum absolute atomic E-state index is 12.2. The van der Waals surface area contributed by atoms with Crippen molar-refractivity contribution in [1.29, 1.82) is 0 Å². The molecule has 0 radical (unpaired) electrons. The van der Waals surface area contributed by atoms with Crippen molar-refractivity contribution in [2.45, 2.75) is 19.8 Å². The first-order valence-electron chi connectivity index (χ1n) is 7.98. The minimum absolute atomic E-state index is 0.0344. The molecule has 1 saturated heterocycles. The Balaban J connectivity index is 1.80. The molecule has 0 unspecified atom stereocenters. The number of aryl methyl sites for hydroxylation is 1. The second-order valence-electron chi connectivity index (χ2n) is 5.45. The Morgan fingerprint density at radius 1 is 1.09 bits per heavy atom. The lowest BCUT2D eigenvalue weighted by Gasteiger charge is -2.34. The Labute approximate surface area is 142 Å². The van der Waals surface area contributed by atoms with E-state index in [9.17, 15) is 9.59 Å². The Morgan fingerprint density at radius 3 is 2.30 bits per heavy atom. The van der Waals surface area contributed by atoms with Crippen LogP contribution >= 0.6 is 11.6 Å². The fraction of sp³-hybridized carbons (Fsp3) is 0.529. The molecule has 0 aromatic heterocycles. The Morgan fingerprint density at radius 2 is 1.70 bits per heavy atom. The number of hydrogen-bond acceptors (Lipinski definition) is 3. The fourth-order valence-electron chi connectivity index (χ4n) is 2.61. The predicted octanol–water partition coefficient (Wildman–Crippen LogP) is 1.93. The van der Waals surface area contributed by atoms with Gasteiger partial charge in [0.25, 0.3) is 5.91 Å². The normalized spacial score (nSPS) is 14.7. The first-order valence-corrected chi connectivity index (χ1v) is 8.51. The van der Waals surface area contributed by atoms with Crippen molar-refractivity contribution in [3.8, 4) is 5.75 Å². The van der Waals surface area contributed by atoms with E-state index in [-0.39, 0.29) is 18.4 Å². The summed E-state index contributed by atoms with van der Waals surface area (Å²) in [5.41, 5.74) is 1.09. The van der Waals surface area contributed by atoms with Gasteiger partial charge < -0.3 is 14.5 Å². The molecule has 6 heteroatoms. The zero-order valence-electron chi connectivity index (χ0n) is 13.5. The number of benzene rings is 1. The van der Waals surface area contributed by atoms with Crippen LogP contribution in [0.1, 0.15) is 18.9 Å². The van der Waals surface area contributed by atoms with Crippen LogP contribution < -0.4 is 4.74 Å². The molecule has 0 aliphatic carbocycles. The van der Waals surface area contributed by atoms with Gasteiger partial charge in [-0.15, -0.1) is 11.6 Å². The van der Waals surface area contributed by atoms with Crippen molar-refractivity contribution in [2.75, 3.05) is 38.7 Å². The molecule has 0 bridgehead atoms. The molecule has 1 aliphatic heterocycles. The topological polar surface area (TPSA) is 49.9 Å². The lowest BCUT2D eigenvalue weighted by atomic mass is 10.1. The summed E-state index contributed by atoms with van der Waals surface area (Å²) in [7, 11) is 0. The monoisotopic (exact) mass is 338 g/mol. The standard InChI is InChI=1S/C17H23ClN2O3/c1-2-14-5-3-4-6-15(14)23-13-17(22)20-11-9-19(10-12-20)16(21)7-8-18/h3-6H,2,7-13H2,1H3. The molecule has 2 rings (SSSR count). The Kier molecular flexibility index (Phi) is 6.71. The number of piperazine rings is 1. The van der Waals surface area contributed by atoms with E-state index in [1.54, 1.807) is 9.80 Å². The van der Waals surface area contributed by atoms with Crippen molar-refractivity contribution >= 4 is 23.4 Å². The van der Waals surface area contributed by atoms with Crippen LogP contribution in [0, 0.1) is 0 Å². The minimum atomic E-state index is -0.0413. The highest BCUT2D eigenvalue weighted by atomic mass is 35.5. The number of para-hydroxylation sites is 1. The molecule has 1 fully saturated rings. The first-order chi connectivity index (χ1) is 11.2. The van der Waals surface area contributed by atoms with Crippen molar-refractivity contribution < 1.29 is 14.3 Å². The van der Waals surface area contributed by atoms with E-state index >= 15 is 0 Å². The third kappa shape index (κ3) is 4.86. The van der Waals surface area contributed by atoms with Crippen LogP contribution in [0.5, 0.6) is 5.75 Å². The number of carbonyl (C=O) groups excluding carboxylic acids is 2. The summed E-state index contributed by atoms with van der Waals surface area (Å²) in [6.07, 6.45) is 1.22. The zero-order valence-corrected chi connectivity index (χ0v) is 14.2. The van der Waals surface area contributed by atoms with Crippen molar-refractivity contribution in [2.24, 2.45) is 0 Å². The van der Waals surface area contributed by atoms with Crippen molar-refractivity contribution in [3.05, 3.63) is 29.8 Å². The second-order valence-corrected chi connectivity index (χ2v) is 5.83. The summed E-state index contributed by atoms with van der Waals surface area (Å²) >= 11 is 5.59. The van der Waals surface area contributed by atoms with Gasteiger partial charge in [-0.05, 0) is 18.1 Å². The summed E-state index contributed by atoms with van der Waals surface area (Å²) in [6.45, 7) is 4.31. The van der Waals surface area contributed by atoms with Crippen LogP contribution in [-0.4, -0.2) is 60.3 Å². The molecular weight excluding hydrogens is 316 g/mol. The molecule has 0 atom stereocenters. The molecule has 0 spiro atoms. The Hall–Kier alpha value is -1.75. The number of rotatable bonds is 6. The lowest BCUT2D eigenvalue weighted by Crippen LogP contribution is -2.51. The van der Waals surface area contributed by atoms with Gasteiger partial charge in [0.05, 0.1) is 0 Å². The lowest BCUT2D eigenvalue weighted by molar-refractivity contribution is -0.140. The number of alkyl halides is 1. The van der Waals surface area contributed by atoms with Crippen LogP contribution in [0.25, 0.3) is 0 Å². The van der Waals surface area contributed by atoms with E-state index < -0.39 is 0 Å². The molecule has 1 aromatic rings. The molecule has 0 N–H and O–H groups in total. The maximum atomic E-state index is 12.2. The average Bonchev–Trinajstić information content (AvgIpc) is 2.60. The van der Waals surface area contributed by atoms with Crippen LogP contribution in [0.3, 0.4) is 0 Å². The largest absolute Gasteiger partial charge is 0.483 e. The maximum Gasteiger partial charge on any atom is 0.260 e. The summed E-state index contributed by atoms with van der Waals surface area (Å²) in [6, 6.07) is 7.75. The second kappa shape index (κ2) is 8.77. The SMILES string of the molecule is CCc1ccccc1OCC(=O)N1CCN(C(=O)CCCl)CC1. The molecule has 0 saturated carbocycles. The first kappa shape index (κ1) is 17.6. The number of carbonyl (C=O) groups is 2. The summed E-state index contributed by atoms with van der Waals surface area (Å²) in [5, 5.41) is 0. The summed E-state index contributed by atoms with van der Waals surface area (Å²) in [5.74, 6) is 1.11. The number of amides is 2. The molecular formula is C17H23ClN2O3. The number of hydrogen-bond donors (Lipinski definition) is 0. The van der Waals surface area contributed by atoms with E-state index in [2.05, 4.69) is 6.92 Å². The highest BCUT2D eigenvalue weighted by molar-refractivity contribution is 6.18. The third-order valence-electron chi connectivity index (χ3n) is 4.00. The van der Waals surface area contributed by atoms with Crippen LogP contribution in [0.4, 0.5) is 0 Å². The average molecular weight is 339 g/mol. The van der Waals surface area contributed by atoms with E-state index in [1.165, 1.54) is 0 Å². The van der Waals surface area contributed by atoms with Gasteiger partial charge in [-0.1, -0.05) is 25.1 Å². The molecule has 2 amide bonds. The number of halogens is 1. The predicted molar refractivity (Wildman–Crippen MR) is 89.8 cm³/mol. The quantitative estimate of drug-likeness (QED) is 0.745. The summed E-state index contributed by atoms with van der Waals surface area (Å²) < 4.78 is 5.67. The molecule has 1 heterocycles. The number of nitrogens with zero attached hydrogens (tertiary/aromatic N) is 2. The van der Waals surface area contributed by atoms with Gasteiger partial charge in [0, 0.05) is 38.5 Å². The van der Waals surface area contributed by atoms with Crippen LogP contribution in [0.15, 0.2) is 24.3 Å². The van der Waals surface area contributed by atoms with Gasteiger partial charge in [-0.2, -0.15) is 0 Å². The van der Waals surface area contributed by atoms with E-state index in [1.807, 2.05) is 24.3 Å². The van der Waals surface area contributed by atoms with Gasteiger partial charge in [0.2, 0.25) is 5.91 Å². The third-order valence-corrected chi connectivity index (χ3v) is 4.19. The van der Waals surface area contributed by atoms with Crippen LogP contribution in [0.2, 0.25) is 0 Å². The number of ether oxygens (including phenoxy) is 1. The highest BCUT2D eigenvalue weighted by Crippen LogP contribution is 2.18. The molecule has 1 aromatic carbocycles. The minimum Gasteiger partial charge on any atom is -0.483 e.